The Morgan fingerprint density at radius 2 is 1.93 bits per heavy atom. The Kier molecular flexibility index (Phi) is 7.66. The zero-order valence-corrected chi connectivity index (χ0v) is 17.1. The molecule has 0 radical (unpaired) electrons. The van der Waals surface area contributed by atoms with E-state index in [0.29, 0.717) is 23.7 Å². The number of nitrogens with zero attached hydrogens (tertiary/aromatic N) is 1. The van der Waals surface area contributed by atoms with Crippen LogP contribution in [-0.4, -0.2) is 53.8 Å². The lowest BCUT2D eigenvalue weighted by Gasteiger charge is -2.13. The second-order valence-electron chi connectivity index (χ2n) is 6.20. The molecule has 1 aliphatic heterocycles. The fourth-order valence-corrected chi connectivity index (χ4v) is 3.21. The number of ether oxygens (including phenoxy) is 3. The normalized spacial score (nSPS) is 15.2. The van der Waals surface area contributed by atoms with Crippen LogP contribution >= 0.6 is 11.8 Å². The molecular weight excluding hydrogens is 400 g/mol. The van der Waals surface area contributed by atoms with Gasteiger partial charge in [0.25, 0.3) is 17.1 Å². The Hall–Kier alpha value is -3.01. The van der Waals surface area contributed by atoms with Gasteiger partial charge in [-0.25, -0.2) is 0 Å². The minimum Gasteiger partial charge on any atom is -0.490 e. The summed E-state index contributed by atoms with van der Waals surface area (Å²) in [5, 5.41) is -0.548. The molecule has 9 nitrogen and oxygen atoms in total. The molecule has 10 heteroatoms. The maximum Gasteiger partial charge on any atom is 0.326 e. The second kappa shape index (κ2) is 9.97. The van der Waals surface area contributed by atoms with Crippen molar-refractivity contribution in [1.29, 1.82) is 0 Å². The van der Waals surface area contributed by atoms with E-state index in [9.17, 15) is 19.2 Å². The molecular formula is C19H22N2O7S. The third kappa shape index (κ3) is 6.24. The first-order valence-corrected chi connectivity index (χ1v) is 9.65. The minimum atomic E-state index is -0.655. The summed E-state index contributed by atoms with van der Waals surface area (Å²) in [7, 11) is 0. The van der Waals surface area contributed by atoms with Crippen molar-refractivity contribution in [3.05, 3.63) is 28.7 Å². The highest BCUT2D eigenvalue weighted by molar-refractivity contribution is 8.18. The first-order valence-electron chi connectivity index (χ1n) is 8.84. The molecule has 1 aromatic carbocycles. The first-order chi connectivity index (χ1) is 13.7. The lowest BCUT2D eigenvalue weighted by molar-refractivity contribution is -0.149. The van der Waals surface area contributed by atoms with Crippen molar-refractivity contribution in [2.24, 2.45) is 5.73 Å². The van der Waals surface area contributed by atoms with Crippen LogP contribution in [0.25, 0.3) is 6.08 Å². The molecule has 1 aliphatic rings. The van der Waals surface area contributed by atoms with E-state index in [0.717, 1.165) is 16.7 Å². The van der Waals surface area contributed by atoms with E-state index in [4.69, 9.17) is 19.9 Å². The van der Waals surface area contributed by atoms with Gasteiger partial charge in [-0.1, -0.05) is 6.07 Å². The standard InChI is InChI=1S/C19H22N2O7S/c1-4-26-14-7-12(5-6-13(14)27-10-16(20)22)8-15-18(24)21(19(25)29-15)9-17(23)28-11(2)3/h5-8,11H,4,9-10H2,1-3H3,(H2,20,22)/b15-8-. The van der Waals surface area contributed by atoms with Crippen molar-refractivity contribution in [1.82, 2.24) is 4.90 Å². The molecule has 0 bridgehead atoms. The second-order valence-corrected chi connectivity index (χ2v) is 7.19. The van der Waals surface area contributed by atoms with Crippen molar-refractivity contribution in [3.8, 4) is 11.5 Å². The van der Waals surface area contributed by atoms with Crippen LogP contribution in [-0.2, 0) is 19.1 Å². The number of amides is 3. The highest BCUT2D eigenvalue weighted by Gasteiger charge is 2.36. The molecule has 1 aromatic rings. The summed E-state index contributed by atoms with van der Waals surface area (Å²) in [5.74, 6) is -1.17. The average Bonchev–Trinajstić information content (AvgIpc) is 2.88. The zero-order valence-electron chi connectivity index (χ0n) is 16.3. The van der Waals surface area contributed by atoms with Gasteiger partial charge in [-0.3, -0.25) is 24.1 Å². The summed E-state index contributed by atoms with van der Waals surface area (Å²) in [6.45, 7) is 4.75. The van der Waals surface area contributed by atoms with Crippen LogP contribution in [0, 0.1) is 0 Å². The number of imide groups is 1. The van der Waals surface area contributed by atoms with Crippen LogP contribution in [0.1, 0.15) is 26.3 Å². The lowest BCUT2D eigenvalue weighted by atomic mass is 10.2. The van der Waals surface area contributed by atoms with Crippen molar-refractivity contribution in [2.75, 3.05) is 19.8 Å². The number of nitrogens with two attached hydrogens (primary N) is 1. The fourth-order valence-electron chi connectivity index (χ4n) is 2.37. The van der Waals surface area contributed by atoms with Gasteiger partial charge >= 0.3 is 5.97 Å². The Balaban J connectivity index is 2.19. The van der Waals surface area contributed by atoms with Crippen molar-refractivity contribution >= 4 is 40.9 Å². The highest BCUT2D eigenvalue weighted by Crippen LogP contribution is 2.34. The third-order valence-electron chi connectivity index (χ3n) is 3.46. The van der Waals surface area contributed by atoms with Crippen LogP contribution in [0.15, 0.2) is 23.1 Å². The summed E-state index contributed by atoms with van der Waals surface area (Å²) in [6, 6.07) is 4.82. The monoisotopic (exact) mass is 422 g/mol. The Morgan fingerprint density at radius 3 is 2.55 bits per heavy atom. The maximum absolute atomic E-state index is 12.5. The number of primary amides is 1. The number of carbonyl (C=O) groups is 4. The van der Waals surface area contributed by atoms with E-state index in [1.807, 2.05) is 0 Å². The Labute approximate surface area is 172 Å². The summed E-state index contributed by atoms with van der Waals surface area (Å²) in [5.41, 5.74) is 5.66. The first kappa shape index (κ1) is 22.3. The van der Waals surface area contributed by atoms with E-state index in [1.165, 1.54) is 6.08 Å². The average molecular weight is 422 g/mol. The van der Waals surface area contributed by atoms with Crippen molar-refractivity contribution < 1.29 is 33.4 Å². The molecule has 0 aromatic heterocycles. The number of carbonyl (C=O) groups excluding carboxylic acids is 4. The topological polar surface area (TPSA) is 125 Å². The number of esters is 1. The largest absolute Gasteiger partial charge is 0.490 e. The molecule has 0 aliphatic carbocycles. The van der Waals surface area contributed by atoms with Gasteiger partial charge in [0.15, 0.2) is 18.1 Å². The van der Waals surface area contributed by atoms with Crippen LogP contribution in [0.2, 0.25) is 0 Å². The Morgan fingerprint density at radius 1 is 1.21 bits per heavy atom. The summed E-state index contributed by atoms with van der Waals surface area (Å²) in [6.07, 6.45) is 1.17. The predicted octanol–water partition coefficient (Wildman–Crippen LogP) is 1.94. The molecule has 2 rings (SSSR count). The van der Waals surface area contributed by atoms with Gasteiger partial charge < -0.3 is 19.9 Å². The minimum absolute atomic E-state index is 0.167. The molecule has 2 N–H and O–H groups in total. The molecule has 0 spiro atoms. The van der Waals surface area contributed by atoms with Crippen LogP contribution in [0.3, 0.4) is 0 Å². The summed E-state index contributed by atoms with van der Waals surface area (Å²) >= 11 is 0.733. The van der Waals surface area contributed by atoms with Gasteiger partial charge in [0.2, 0.25) is 0 Å². The maximum atomic E-state index is 12.5. The third-order valence-corrected chi connectivity index (χ3v) is 4.37. The number of hydrogen-bond acceptors (Lipinski definition) is 8. The molecule has 3 amide bonds. The summed E-state index contributed by atoms with van der Waals surface area (Å²) < 4.78 is 15.8. The SMILES string of the molecule is CCOc1cc(/C=C2\SC(=O)N(CC(=O)OC(C)C)C2=O)ccc1OCC(N)=O. The smallest absolute Gasteiger partial charge is 0.326 e. The van der Waals surface area contributed by atoms with E-state index in [-0.39, 0.29) is 17.6 Å². The van der Waals surface area contributed by atoms with Crippen LogP contribution in [0.5, 0.6) is 11.5 Å². The number of rotatable bonds is 9. The number of benzene rings is 1. The van der Waals surface area contributed by atoms with Gasteiger partial charge in [-0.05, 0) is 56.3 Å². The molecule has 0 saturated carbocycles. The lowest BCUT2D eigenvalue weighted by Crippen LogP contribution is -2.35. The molecule has 1 saturated heterocycles. The van der Waals surface area contributed by atoms with E-state index >= 15 is 0 Å². The molecule has 29 heavy (non-hydrogen) atoms. The van der Waals surface area contributed by atoms with Crippen molar-refractivity contribution in [3.63, 3.8) is 0 Å². The van der Waals surface area contributed by atoms with E-state index in [1.54, 1.807) is 39.0 Å². The van der Waals surface area contributed by atoms with Gasteiger partial charge in [-0.15, -0.1) is 0 Å². The van der Waals surface area contributed by atoms with Gasteiger partial charge in [-0.2, -0.15) is 0 Å². The van der Waals surface area contributed by atoms with Gasteiger partial charge in [0.05, 0.1) is 17.6 Å². The molecule has 1 fully saturated rings. The van der Waals surface area contributed by atoms with E-state index in [2.05, 4.69) is 0 Å². The van der Waals surface area contributed by atoms with Crippen LogP contribution in [0.4, 0.5) is 4.79 Å². The van der Waals surface area contributed by atoms with Crippen molar-refractivity contribution in [2.45, 2.75) is 26.9 Å². The molecule has 1 heterocycles. The van der Waals surface area contributed by atoms with Gasteiger partial charge in [0.1, 0.15) is 6.54 Å². The molecule has 0 atom stereocenters. The highest BCUT2D eigenvalue weighted by atomic mass is 32.2. The molecule has 0 unspecified atom stereocenters. The van der Waals surface area contributed by atoms with E-state index < -0.39 is 29.6 Å². The number of hydrogen-bond donors (Lipinski definition) is 1. The fraction of sp³-hybridized carbons (Fsp3) is 0.368. The quantitative estimate of drug-likeness (QED) is 0.473. The van der Waals surface area contributed by atoms with Gasteiger partial charge in [0, 0.05) is 0 Å². The predicted molar refractivity (Wildman–Crippen MR) is 106 cm³/mol. The Bertz CT molecular complexity index is 851. The number of thioether (sulfide) groups is 1. The van der Waals surface area contributed by atoms with Crippen LogP contribution < -0.4 is 15.2 Å². The summed E-state index contributed by atoms with van der Waals surface area (Å²) in [4.78, 5) is 48.3. The molecule has 156 valence electrons. The zero-order chi connectivity index (χ0) is 21.6.